The van der Waals surface area contributed by atoms with Crippen molar-refractivity contribution in [1.82, 2.24) is 20.0 Å². The highest BCUT2D eigenvalue weighted by Crippen LogP contribution is 2.20. The van der Waals surface area contributed by atoms with Gasteiger partial charge in [0.25, 0.3) is 0 Å². The molecular formula is C17H32N4O2. The van der Waals surface area contributed by atoms with Crippen LogP contribution in [0.4, 0.5) is 0 Å². The van der Waals surface area contributed by atoms with Crippen molar-refractivity contribution >= 4 is 5.97 Å². The van der Waals surface area contributed by atoms with E-state index < -0.39 is 5.97 Å². The van der Waals surface area contributed by atoms with Crippen molar-refractivity contribution in [2.45, 2.75) is 44.2 Å². The van der Waals surface area contributed by atoms with Crippen LogP contribution in [0.1, 0.15) is 32.1 Å². The molecule has 0 spiro atoms. The van der Waals surface area contributed by atoms with Crippen LogP contribution in [0.25, 0.3) is 0 Å². The van der Waals surface area contributed by atoms with Crippen LogP contribution < -0.4 is 5.32 Å². The SMILES string of the molecule is O=C(O)CCN1CCC(N2CCN(C3CCNCC3)CC2)CC1. The zero-order chi connectivity index (χ0) is 16.1. The van der Waals surface area contributed by atoms with E-state index in [9.17, 15) is 4.79 Å². The summed E-state index contributed by atoms with van der Waals surface area (Å²) in [7, 11) is 0. The van der Waals surface area contributed by atoms with Gasteiger partial charge in [0.15, 0.2) is 0 Å². The molecule has 0 aromatic carbocycles. The quantitative estimate of drug-likeness (QED) is 0.758. The number of hydrogen-bond donors (Lipinski definition) is 2. The molecule has 3 aliphatic heterocycles. The summed E-state index contributed by atoms with van der Waals surface area (Å²) in [6, 6.07) is 1.52. The van der Waals surface area contributed by atoms with Crippen LogP contribution in [0.15, 0.2) is 0 Å². The van der Waals surface area contributed by atoms with Gasteiger partial charge < -0.3 is 15.3 Å². The Morgan fingerprint density at radius 3 is 1.91 bits per heavy atom. The van der Waals surface area contributed by atoms with Crippen molar-refractivity contribution in [1.29, 1.82) is 0 Å². The number of piperazine rings is 1. The second kappa shape index (κ2) is 8.42. The molecule has 3 saturated heterocycles. The van der Waals surface area contributed by atoms with Crippen molar-refractivity contribution in [2.75, 3.05) is 58.9 Å². The van der Waals surface area contributed by atoms with E-state index in [0.29, 0.717) is 12.6 Å². The number of nitrogens with one attached hydrogen (secondary N) is 1. The highest BCUT2D eigenvalue weighted by atomic mass is 16.4. The van der Waals surface area contributed by atoms with Gasteiger partial charge in [0.1, 0.15) is 0 Å². The molecule has 0 aromatic rings. The maximum Gasteiger partial charge on any atom is 0.304 e. The van der Waals surface area contributed by atoms with Gasteiger partial charge in [-0.25, -0.2) is 0 Å². The van der Waals surface area contributed by atoms with Gasteiger partial charge in [0.2, 0.25) is 0 Å². The third-order valence-corrected chi connectivity index (χ3v) is 5.89. The molecule has 2 N–H and O–H groups in total. The summed E-state index contributed by atoms with van der Waals surface area (Å²) in [6.45, 7) is 10.1. The molecule has 3 rings (SSSR count). The van der Waals surface area contributed by atoms with Gasteiger partial charge in [-0.15, -0.1) is 0 Å². The fourth-order valence-corrected chi connectivity index (χ4v) is 4.40. The molecule has 3 aliphatic rings. The van der Waals surface area contributed by atoms with Gasteiger partial charge in [-0.3, -0.25) is 14.6 Å². The third-order valence-electron chi connectivity index (χ3n) is 5.89. The van der Waals surface area contributed by atoms with E-state index in [1.165, 1.54) is 65.0 Å². The number of nitrogens with zero attached hydrogens (tertiary/aromatic N) is 3. The highest BCUT2D eigenvalue weighted by molar-refractivity contribution is 5.66. The minimum atomic E-state index is -0.679. The number of likely N-dealkylation sites (tertiary alicyclic amines) is 1. The Hall–Kier alpha value is -0.690. The molecule has 6 nitrogen and oxygen atoms in total. The largest absolute Gasteiger partial charge is 0.481 e. The van der Waals surface area contributed by atoms with E-state index in [1.54, 1.807) is 0 Å². The summed E-state index contributed by atoms with van der Waals surface area (Å²) in [5.74, 6) is -0.679. The molecule has 0 amide bonds. The zero-order valence-corrected chi connectivity index (χ0v) is 14.3. The smallest absolute Gasteiger partial charge is 0.304 e. The standard InChI is InChI=1S/C17H32N4O2/c22-17(23)5-10-19-8-3-16(4-9-19)21-13-11-20(12-14-21)15-1-6-18-7-2-15/h15-16,18H,1-14H2,(H,22,23). The number of carbonyl (C=O) groups is 1. The van der Waals surface area contributed by atoms with Crippen LogP contribution in [0.5, 0.6) is 0 Å². The van der Waals surface area contributed by atoms with Crippen molar-refractivity contribution < 1.29 is 9.90 Å². The van der Waals surface area contributed by atoms with E-state index >= 15 is 0 Å². The first-order valence-corrected chi connectivity index (χ1v) is 9.35. The minimum absolute atomic E-state index is 0.277. The lowest BCUT2D eigenvalue weighted by molar-refractivity contribution is -0.137. The van der Waals surface area contributed by atoms with Crippen LogP contribution >= 0.6 is 0 Å². The summed E-state index contributed by atoms with van der Waals surface area (Å²) < 4.78 is 0. The van der Waals surface area contributed by atoms with Gasteiger partial charge in [-0.1, -0.05) is 0 Å². The predicted molar refractivity (Wildman–Crippen MR) is 90.8 cm³/mol. The number of piperidine rings is 2. The van der Waals surface area contributed by atoms with Gasteiger partial charge in [-0.05, 0) is 51.9 Å². The maximum absolute atomic E-state index is 10.7. The van der Waals surface area contributed by atoms with Crippen LogP contribution in [0.3, 0.4) is 0 Å². The van der Waals surface area contributed by atoms with E-state index in [2.05, 4.69) is 20.0 Å². The van der Waals surface area contributed by atoms with Crippen LogP contribution in [-0.4, -0.2) is 96.8 Å². The van der Waals surface area contributed by atoms with Crippen molar-refractivity contribution in [2.24, 2.45) is 0 Å². The average molecular weight is 324 g/mol. The molecule has 0 aliphatic carbocycles. The first-order chi connectivity index (χ1) is 11.2. The summed E-state index contributed by atoms with van der Waals surface area (Å²) >= 11 is 0. The van der Waals surface area contributed by atoms with E-state index in [-0.39, 0.29) is 6.42 Å². The normalized spacial score (nSPS) is 27.3. The number of hydrogen-bond acceptors (Lipinski definition) is 5. The Balaban J connectivity index is 1.36. The molecular weight excluding hydrogens is 292 g/mol. The molecule has 23 heavy (non-hydrogen) atoms. The molecule has 0 unspecified atom stereocenters. The zero-order valence-electron chi connectivity index (χ0n) is 14.3. The van der Waals surface area contributed by atoms with Crippen molar-refractivity contribution in [3.8, 4) is 0 Å². The Kier molecular flexibility index (Phi) is 6.28. The second-order valence-electron chi connectivity index (χ2n) is 7.27. The molecule has 6 heteroatoms. The maximum atomic E-state index is 10.7. The summed E-state index contributed by atoms with van der Waals surface area (Å²) in [4.78, 5) is 18.4. The van der Waals surface area contributed by atoms with Crippen molar-refractivity contribution in [3.05, 3.63) is 0 Å². The van der Waals surface area contributed by atoms with Gasteiger partial charge in [0.05, 0.1) is 6.42 Å². The Bertz CT molecular complexity index is 371. The first kappa shape index (κ1) is 17.1. The van der Waals surface area contributed by atoms with Gasteiger partial charge >= 0.3 is 5.97 Å². The van der Waals surface area contributed by atoms with E-state index in [0.717, 1.165) is 19.1 Å². The molecule has 3 heterocycles. The molecule has 0 aromatic heterocycles. The third kappa shape index (κ3) is 4.89. The number of carboxylic acid groups (broad SMARTS) is 1. The lowest BCUT2D eigenvalue weighted by Crippen LogP contribution is -2.56. The topological polar surface area (TPSA) is 59.1 Å². The van der Waals surface area contributed by atoms with Gasteiger partial charge in [-0.2, -0.15) is 0 Å². The summed E-state index contributed by atoms with van der Waals surface area (Å²) in [5.41, 5.74) is 0. The highest BCUT2D eigenvalue weighted by Gasteiger charge is 2.30. The molecule has 0 saturated carbocycles. The lowest BCUT2D eigenvalue weighted by atomic mass is 10.0. The molecule has 0 atom stereocenters. The fraction of sp³-hybridized carbons (Fsp3) is 0.941. The van der Waals surface area contributed by atoms with E-state index in [4.69, 9.17) is 5.11 Å². The molecule has 0 radical (unpaired) electrons. The lowest BCUT2D eigenvalue weighted by Gasteiger charge is -2.45. The number of rotatable bonds is 5. The summed E-state index contributed by atoms with van der Waals surface area (Å²) in [6.07, 6.45) is 5.30. The second-order valence-corrected chi connectivity index (χ2v) is 7.27. The Morgan fingerprint density at radius 1 is 0.870 bits per heavy atom. The number of aliphatic carboxylic acids is 1. The predicted octanol–water partition coefficient (Wildman–Crippen LogP) is 0.295. The molecule has 0 bridgehead atoms. The first-order valence-electron chi connectivity index (χ1n) is 9.35. The monoisotopic (exact) mass is 324 g/mol. The minimum Gasteiger partial charge on any atom is -0.481 e. The van der Waals surface area contributed by atoms with Crippen LogP contribution in [0.2, 0.25) is 0 Å². The average Bonchev–Trinajstić information content (AvgIpc) is 2.61. The van der Waals surface area contributed by atoms with Crippen LogP contribution in [0, 0.1) is 0 Å². The number of carboxylic acids is 1. The van der Waals surface area contributed by atoms with Crippen molar-refractivity contribution in [3.63, 3.8) is 0 Å². The van der Waals surface area contributed by atoms with E-state index in [1.807, 2.05) is 0 Å². The molecule has 132 valence electrons. The molecule has 3 fully saturated rings. The van der Waals surface area contributed by atoms with Crippen LogP contribution in [-0.2, 0) is 4.79 Å². The summed E-state index contributed by atoms with van der Waals surface area (Å²) in [5, 5.41) is 12.2. The Morgan fingerprint density at radius 2 is 1.39 bits per heavy atom. The Labute approximate surface area is 139 Å². The fourth-order valence-electron chi connectivity index (χ4n) is 4.40. The van der Waals surface area contributed by atoms with Gasteiger partial charge in [0, 0.05) is 44.8 Å².